The van der Waals surface area contributed by atoms with Crippen LogP contribution in [0.4, 0.5) is 0 Å². The number of aliphatic hydroxyl groups excluding tert-OH is 2. The van der Waals surface area contributed by atoms with Crippen molar-refractivity contribution in [2.75, 3.05) is 0 Å². The summed E-state index contributed by atoms with van der Waals surface area (Å²) in [5, 5.41) is 32.5. The van der Waals surface area contributed by atoms with Gasteiger partial charge >= 0.3 is 63.3 Å². The van der Waals surface area contributed by atoms with Gasteiger partial charge in [0.1, 0.15) is 0 Å². The Bertz CT molecular complexity index is 149. The number of aliphatic hydroxyl groups is 2. The molecule has 1 radical (unpaired) electrons. The van der Waals surface area contributed by atoms with Gasteiger partial charge in [-0.05, 0) is 0 Å². The fourth-order valence-corrected chi connectivity index (χ4v) is 0.270. The van der Waals surface area contributed by atoms with Crippen LogP contribution in [0.15, 0.2) is 0 Å². The number of carbonyl (C=O) groups is 2. The molecule has 0 aromatic carbocycles. The van der Waals surface area contributed by atoms with Gasteiger partial charge in [-0.1, -0.05) is 0 Å². The number of carboxylic acid groups (broad SMARTS) is 2. The van der Waals surface area contributed by atoms with E-state index >= 15 is 0 Å². The van der Waals surface area contributed by atoms with Crippen molar-refractivity contribution in [3.8, 4) is 0 Å². The second-order valence-electron chi connectivity index (χ2n) is 1.57. The van der Waals surface area contributed by atoms with Crippen molar-refractivity contribution in [2.24, 2.45) is 0 Å². The van der Waals surface area contributed by atoms with Crippen molar-refractivity contribution in [1.82, 2.24) is 0 Å². The molecule has 0 amide bonds. The van der Waals surface area contributed by atoms with Crippen LogP contribution in [0.3, 0.4) is 0 Å². The molecular formula is C4H7KMnO6. The van der Waals surface area contributed by atoms with Crippen LogP contribution in [0, 0.1) is 0 Å². The van der Waals surface area contributed by atoms with Gasteiger partial charge in [0.25, 0.3) is 0 Å². The van der Waals surface area contributed by atoms with Crippen LogP contribution in [0.1, 0.15) is 1.43 Å². The van der Waals surface area contributed by atoms with Gasteiger partial charge in [0.05, 0.1) is 0 Å². The van der Waals surface area contributed by atoms with Crippen LogP contribution in [0.5, 0.6) is 0 Å². The second kappa shape index (κ2) is 8.61. The molecule has 4 N–H and O–H groups in total. The first kappa shape index (κ1) is 18.7. The fraction of sp³-hybridized carbons (Fsp3) is 0.500. The van der Waals surface area contributed by atoms with Crippen LogP contribution >= 0.6 is 0 Å². The summed E-state index contributed by atoms with van der Waals surface area (Å²) in [6.07, 6.45) is -4.53. The number of aliphatic carboxylic acids is 2. The Kier molecular flexibility index (Phi) is 13.4. The number of rotatable bonds is 3. The first-order chi connectivity index (χ1) is 4.46. The van der Waals surface area contributed by atoms with Crippen LogP contribution in [-0.2, 0) is 26.7 Å². The SMILES string of the molecule is O=C(O)C(O)C(O)C(=O)O.[H-].[K+].[Mn]. The van der Waals surface area contributed by atoms with Gasteiger partial charge in [0.2, 0.25) is 0 Å². The zero-order valence-corrected chi connectivity index (χ0v) is 10.4. The molecule has 0 aliphatic heterocycles. The number of hydrogen-bond donors (Lipinski definition) is 4. The quantitative estimate of drug-likeness (QED) is 0.370. The standard InChI is InChI=1S/C4H6O6.K.Mn.H/c5-1(3(7)8)2(6)4(9)10;;;/h1-2,5-6H,(H,7,8)(H,9,10);;;/q;+1;;-1. The Balaban J connectivity index is -0.000000135. The van der Waals surface area contributed by atoms with E-state index in [1.807, 2.05) is 0 Å². The van der Waals surface area contributed by atoms with Crippen molar-refractivity contribution in [2.45, 2.75) is 12.2 Å². The predicted octanol–water partition coefficient (Wildman–Crippen LogP) is -5.01. The molecule has 0 spiro atoms. The molecule has 0 saturated carbocycles. The summed E-state index contributed by atoms with van der Waals surface area (Å²) in [4.78, 5) is 19.5. The Morgan fingerprint density at radius 1 is 1.00 bits per heavy atom. The minimum Gasteiger partial charge on any atom is -1.00 e. The average molecular weight is 245 g/mol. The van der Waals surface area contributed by atoms with Gasteiger partial charge in [0, 0.05) is 17.1 Å². The summed E-state index contributed by atoms with van der Waals surface area (Å²) in [6.45, 7) is 0. The maximum Gasteiger partial charge on any atom is 1.00 e. The Hall–Kier alpha value is 1.02. The van der Waals surface area contributed by atoms with Crippen molar-refractivity contribution in [3.05, 3.63) is 0 Å². The molecule has 0 bridgehead atoms. The average Bonchev–Trinajstić information content (AvgIpc) is 1.84. The molecule has 0 rings (SSSR count). The largest absolute Gasteiger partial charge is 1.00 e. The van der Waals surface area contributed by atoms with E-state index in [1.54, 1.807) is 0 Å². The monoisotopic (exact) mass is 245 g/mol. The summed E-state index contributed by atoms with van der Waals surface area (Å²) in [5.41, 5.74) is 0. The third-order valence-electron chi connectivity index (χ3n) is 0.805. The first-order valence-electron chi connectivity index (χ1n) is 2.28. The summed E-state index contributed by atoms with van der Waals surface area (Å²) in [5.74, 6) is -3.54. The summed E-state index contributed by atoms with van der Waals surface area (Å²) in [7, 11) is 0. The first-order valence-corrected chi connectivity index (χ1v) is 2.28. The van der Waals surface area contributed by atoms with Crippen LogP contribution < -0.4 is 51.4 Å². The van der Waals surface area contributed by atoms with Crippen LogP contribution in [0.2, 0.25) is 0 Å². The van der Waals surface area contributed by atoms with E-state index in [0.29, 0.717) is 0 Å². The minimum atomic E-state index is -2.27. The molecule has 67 valence electrons. The Labute approximate surface area is 122 Å². The predicted molar refractivity (Wildman–Crippen MR) is 28.4 cm³/mol. The van der Waals surface area contributed by atoms with Gasteiger partial charge in [-0.25, -0.2) is 9.59 Å². The maximum atomic E-state index is 9.77. The topological polar surface area (TPSA) is 115 Å². The molecule has 0 saturated heterocycles. The summed E-state index contributed by atoms with van der Waals surface area (Å²) < 4.78 is 0. The van der Waals surface area contributed by atoms with E-state index in [1.165, 1.54) is 0 Å². The zero-order chi connectivity index (χ0) is 8.31. The van der Waals surface area contributed by atoms with E-state index < -0.39 is 24.1 Å². The Morgan fingerprint density at radius 2 is 1.17 bits per heavy atom. The molecule has 2 unspecified atom stereocenters. The van der Waals surface area contributed by atoms with Crippen molar-refractivity contribution < 1.29 is 99.9 Å². The Morgan fingerprint density at radius 3 is 1.25 bits per heavy atom. The second-order valence-corrected chi connectivity index (χ2v) is 1.57. The van der Waals surface area contributed by atoms with E-state index in [9.17, 15) is 9.59 Å². The fourth-order valence-electron chi connectivity index (χ4n) is 0.270. The van der Waals surface area contributed by atoms with Gasteiger partial charge < -0.3 is 21.9 Å². The smallest absolute Gasteiger partial charge is 1.00 e. The van der Waals surface area contributed by atoms with E-state index in [4.69, 9.17) is 20.4 Å². The van der Waals surface area contributed by atoms with Gasteiger partial charge in [-0.2, -0.15) is 0 Å². The van der Waals surface area contributed by atoms with Crippen molar-refractivity contribution in [1.29, 1.82) is 0 Å². The van der Waals surface area contributed by atoms with Gasteiger partial charge in [0.15, 0.2) is 12.2 Å². The van der Waals surface area contributed by atoms with Crippen molar-refractivity contribution in [3.63, 3.8) is 0 Å². The molecule has 0 fully saturated rings. The summed E-state index contributed by atoms with van der Waals surface area (Å²) >= 11 is 0. The number of hydrogen-bond acceptors (Lipinski definition) is 4. The van der Waals surface area contributed by atoms with Gasteiger partial charge in [-0.3, -0.25) is 0 Å². The molecule has 8 heteroatoms. The van der Waals surface area contributed by atoms with Crippen molar-refractivity contribution >= 4 is 11.9 Å². The summed E-state index contributed by atoms with van der Waals surface area (Å²) in [6, 6.07) is 0. The molecule has 0 aliphatic rings. The molecule has 2 atom stereocenters. The third-order valence-corrected chi connectivity index (χ3v) is 0.805. The molecule has 6 nitrogen and oxygen atoms in total. The van der Waals surface area contributed by atoms with E-state index in [0.717, 1.165) is 0 Å². The van der Waals surface area contributed by atoms with E-state index in [2.05, 4.69) is 0 Å². The van der Waals surface area contributed by atoms with Crippen LogP contribution in [-0.4, -0.2) is 44.6 Å². The van der Waals surface area contributed by atoms with Crippen LogP contribution in [0.25, 0.3) is 0 Å². The third kappa shape index (κ3) is 6.52. The molecule has 0 aromatic rings. The van der Waals surface area contributed by atoms with Gasteiger partial charge in [-0.15, -0.1) is 0 Å². The molecule has 0 aliphatic carbocycles. The number of carboxylic acids is 2. The van der Waals surface area contributed by atoms with E-state index in [-0.39, 0.29) is 69.9 Å². The normalized spacial score (nSPS) is 13.2. The molecule has 0 aromatic heterocycles. The maximum absolute atomic E-state index is 9.77. The minimum absolute atomic E-state index is 0. The molecular weight excluding hydrogens is 238 g/mol. The molecule has 0 heterocycles. The zero-order valence-electron chi connectivity index (χ0n) is 7.14. The molecule has 12 heavy (non-hydrogen) atoms.